The van der Waals surface area contributed by atoms with Crippen molar-refractivity contribution in [1.29, 1.82) is 5.41 Å². The lowest BCUT2D eigenvalue weighted by atomic mass is 9.86. The number of halogens is 2. The molecule has 202 valence electrons. The molecule has 2 aromatic carbocycles. The van der Waals surface area contributed by atoms with Crippen molar-refractivity contribution in [2.75, 3.05) is 25.5 Å². The molecule has 3 aromatic rings. The van der Waals surface area contributed by atoms with Crippen molar-refractivity contribution in [3.63, 3.8) is 0 Å². The van der Waals surface area contributed by atoms with Gasteiger partial charge >= 0.3 is 5.97 Å². The summed E-state index contributed by atoms with van der Waals surface area (Å²) in [5.74, 6) is -0.315. The van der Waals surface area contributed by atoms with E-state index in [1.165, 1.54) is 0 Å². The molecule has 10 nitrogen and oxygen atoms in total. The van der Waals surface area contributed by atoms with Crippen LogP contribution in [-0.4, -0.2) is 57.8 Å². The number of aromatic amines is 1. The minimum atomic E-state index is -1.10. The van der Waals surface area contributed by atoms with Crippen LogP contribution in [0.4, 0.5) is 5.69 Å². The summed E-state index contributed by atoms with van der Waals surface area (Å²) >= 11 is 0. The maximum atomic E-state index is 13.3. The van der Waals surface area contributed by atoms with Crippen LogP contribution in [0.1, 0.15) is 42.8 Å². The van der Waals surface area contributed by atoms with Gasteiger partial charge in [-0.05, 0) is 62.2 Å². The largest absolute Gasteiger partial charge is 0.481 e. The predicted molar refractivity (Wildman–Crippen MR) is 151 cm³/mol. The molecular formula is C25H35Cl2N7O3. The zero-order valence-electron chi connectivity index (χ0n) is 21.3. The Kier molecular flexibility index (Phi) is 11.4. The van der Waals surface area contributed by atoms with E-state index in [2.05, 4.69) is 15.6 Å². The lowest BCUT2D eigenvalue weighted by molar-refractivity contribution is -0.139. The lowest BCUT2D eigenvalue weighted by Gasteiger charge is -2.35. The molecule has 0 bridgehead atoms. The number of benzene rings is 2. The van der Waals surface area contributed by atoms with Crippen LogP contribution in [0.15, 0.2) is 36.4 Å². The number of hydrogen-bond acceptors (Lipinski definition) is 6. The number of rotatable bonds is 11. The quantitative estimate of drug-likeness (QED) is 0.157. The second-order valence-corrected chi connectivity index (χ2v) is 8.68. The van der Waals surface area contributed by atoms with Crippen molar-refractivity contribution in [3.8, 4) is 0 Å². The fourth-order valence-corrected chi connectivity index (χ4v) is 4.07. The molecule has 0 radical (unpaired) electrons. The maximum Gasteiger partial charge on any atom is 0.304 e. The van der Waals surface area contributed by atoms with Crippen molar-refractivity contribution in [3.05, 3.63) is 58.9 Å². The number of nitrogens with zero attached hydrogens (tertiary/aromatic N) is 2. The Labute approximate surface area is 228 Å². The molecule has 0 saturated heterocycles. The van der Waals surface area contributed by atoms with E-state index in [0.717, 1.165) is 33.7 Å². The number of nitrogens with one attached hydrogen (secondary N) is 4. The topological polar surface area (TPSA) is 160 Å². The average molecular weight is 553 g/mol. The van der Waals surface area contributed by atoms with Gasteiger partial charge in [0.15, 0.2) is 0 Å². The zero-order chi connectivity index (χ0) is 25.8. The lowest BCUT2D eigenvalue weighted by Crippen LogP contribution is -2.53. The summed E-state index contributed by atoms with van der Waals surface area (Å²) in [4.78, 5) is 34.1. The van der Waals surface area contributed by atoms with Crippen LogP contribution >= 0.6 is 24.8 Å². The highest BCUT2D eigenvalue weighted by Gasteiger charge is 2.38. The van der Waals surface area contributed by atoms with Gasteiger partial charge in [0.25, 0.3) is 0 Å². The number of carboxylic acid groups (broad SMARTS) is 1. The Balaban J connectivity index is 0.00000342. The Morgan fingerprint density at radius 3 is 2.41 bits per heavy atom. The van der Waals surface area contributed by atoms with Crippen molar-refractivity contribution in [2.24, 2.45) is 5.73 Å². The first kappa shape index (κ1) is 31.7. The number of carbonyl (C=O) groups excluding carboxylic acids is 1. The van der Waals surface area contributed by atoms with Crippen molar-refractivity contribution in [2.45, 2.75) is 39.3 Å². The first-order valence-electron chi connectivity index (χ1n) is 11.5. The number of carbonyl (C=O) groups is 2. The van der Waals surface area contributed by atoms with Crippen molar-refractivity contribution in [1.82, 2.24) is 20.2 Å². The van der Waals surface area contributed by atoms with E-state index in [9.17, 15) is 9.59 Å². The van der Waals surface area contributed by atoms with Crippen LogP contribution in [-0.2, 0) is 21.7 Å². The first-order valence-corrected chi connectivity index (χ1v) is 11.5. The van der Waals surface area contributed by atoms with Crippen molar-refractivity contribution >= 4 is 59.2 Å². The molecule has 0 spiro atoms. The number of likely N-dealkylation sites (N-methyl/N-ethyl adjacent to an activating group) is 1. The second kappa shape index (κ2) is 13.3. The third-order valence-electron chi connectivity index (χ3n) is 6.22. The number of H-pyrrole nitrogens is 1. The number of nitrogens with two attached hydrogens (primary N) is 1. The van der Waals surface area contributed by atoms with Crippen LogP contribution in [0.2, 0.25) is 0 Å². The second-order valence-electron chi connectivity index (χ2n) is 8.68. The highest BCUT2D eigenvalue weighted by molar-refractivity contribution is 5.95. The van der Waals surface area contributed by atoms with E-state index >= 15 is 0 Å². The Bertz CT molecular complexity index is 1250. The number of aryl methyl sites for hydroxylation is 1. The van der Waals surface area contributed by atoms with Gasteiger partial charge in [0.1, 0.15) is 17.2 Å². The molecule has 1 amide bonds. The summed E-state index contributed by atoms with van der Waals surface area (Å²) < 4.78 is 0. The first-order chi connectivity index (χ1) is 16.6. The molecule has 7 N–H and O–H groups in total. The van der Waals surface area contributed by atoms with Gasteiger partial charge in [-0.1, -0.05) is 6.07 Å². The molecule has 3 rings (SSSR count). The number of nitrogen functional groups attached to an aromatic ring is 1. The molecule has 0 aliphatic carbocycles. The molecule has 37 heavy (non-hydrogen) atoms. The molecule has 1 heterocycles. The van der Waals surface area contributed by atoms with Gasteiger partial charge in [-0.3, -0.25) is 20.3 Å². The number of amidine groups is 1. The number of hydrogen-bond donors (Lipinski definition) is 6. The van der Waals surface area contributed by atoms with E-state index in [1.807, 2.05) is 38.1 Å². The van der Waals surface area contributed by atoms with Crippen molar-refractivity contribution < 1.29 is 14.7 Å². The number of amides is 1. The van der Waals surface area contributed by atoms with Gasteiger partial charge in [-0.25, -0.2) is 4.98 Å². The smallest absolute Gasteiger partial charge is 0.304 e. The minimum absolute atomic E-state index is 0. The molecule has 1 atom stereocenters. The van der Waals surface area contributed by atoms with E-state index in [0.29, 0.717) is 18.7 Å². The van der Waals surface area contributed by atoms with Gasteiger partial charge in [-0.2, -0.15) is 0 Å². The third kappa shape index (κ3) is 7.12. The zero-order valence-corrected chi connectivity index (χ0v) is 23.0. The Morgan fingerprint density at radius 1 is 1.19 bits per heavy atom. The summed E-state index contributed by atoms with van der Waals surface area (Å²) in [5, 5.41) is 23.0. The van der Waals surface area contributed by atoms with Gasteiger partial charge in [-0.15, -0.1) is 24.8 Å². The van der Waals surface area contributed by atoms with Gasteiger partial charge in [0.2, 0.25) is 5.91 Å². The fourth-order valence-electron chi connectivity index (χ4n) is 4.07. The third-order valence-corrected chi connectivity index (χ3v) is 6.22. The van der Waals surface area contributed by atoms with Crippen LogP contribution in [0.5, 0.6) is 0 Å². The number of aliphatic carboxylic acids is 1. The Hall–Kier alpha value is -3.34. The molecule has 0 aliphatic heterocycles. The number of aromatic nitrogens is 2. The van der Waals surface area contributed by atoms with E-state index in [4.69, 9.17) is 21.2 Å². The predicted octanol–water partition coefficient (Wildman–Crippen LogP) is 3.37. The number of anilines is 1. The Morgan fingerprint density at radius 2 is 1.84 bits per heavy atom. The average Bonchev–Trinajstić information content (AvgIpc) is 3.26. The highest BCUT2D eigenvalue weighted by Crippen LogP contribution is 2.31. The van der Waals surface area contributed by atoms with Gasteiger partial charge in [0, 0.05) is 31.4 Å². The van der Waals surface area contributed by atoms with Gasteiger partial charge in [0.05, 0.1) is 24.0 Å². The van der Waals surface area contributed by atoms with Crippen LogP contribution in [0, 0.1) is 12.3 Å². The molecule has 0 fully saturated rings. The maximum absolute atomic E-state index is 13.3. The summed E-state index contributed by atoms with van der Waals surface area (Å²) in [6, 6.07) is 11.1. The summed E-state index contributed by atoms with van der Waals surface area (Å²) in [6.07, 6.45) is -0.0916. The van der Waals surface area contributed by atoms with E-state index in [-0.39, 0.29) is 49.5 Å². The molecule has 0 saturated carbocycles. The normalized spacial score (nSPS) is 12.1. The molecule has 0 aliphatic rings. The standard InChI is InChI=1S/C25H33N7O3.2ClH/c1-5-32(4)24(35)25(3,29-13-12-21(33)34)18-10-11-19-22(15(18)2)31-20(30-19)14-28-17-8-6-16(7-9-17)23(26)27;;/h6-11,28-29H,5,12-14H2,1-4H3,(H3,26,27)(H,30,31)(H,33,34);2*1H. The fraction of sp³-hybridized carbons (Fsp3) is 0.360. The molecule has 1 unspecified atom stereocenters. The highest BCUT2D eigenvalue weighted by atomic mass is 35.5. The monoisotopic (exact) mass is 551 g/mol. The number of imidazole rings is 1. The summed E-state index contributed by atoms with van der Waals surface area (Å²) in [6.45, 7) is 6.75. The van der Waals surface area contributed by atoms with E-state index in [1.54, 1.807) is 31.0 Å². The number of fused-ring (bicyclic) bond motifs is 1. The minimum Gasteiger partial charge on any atom is -0.481 e. The summed E-state index contributed by atoms with van der Waals surface area (Å²) in [5.41, 5.74) is 9.14. The van der Waals surface area contributed by atoms with Crippen LogP contribution in [0.25, 0.3) is 11.0 Å². The van der Waals surface area contributed by atoms with Gasteiger partial charge < -0.3 is 26.0 Å². The SMILES string of the molecule is CCN(C)C(=O)C(C)(NCCC(=O)O)c1ccc2[nH]c(CNc3ccc(C(=N)N)cc3)nc2c1C.Cl.Cl. The molecule has 12 heteroatoms. The van der Waals surface area contributed by atoms with Crippen LogP contribution < -0.4 is 16.4 Å². The summed E-state index contributed by atoms with van der Waals surface area (Å²) in [7, 11) is 1.73. The molecule has 1 aromatic heterocycles. The van der Waals surface area contributed by atoms with Crippen LogP contribution in [0.3, 0.4) is 0 Å². The van der Waals surface area contributed by atoms with E-state index < -0.39 is 11.5 Å². The number of carboxylic acids is 1. The molecular weight excluding hydrogens is 517 g/mol.